The van der Waals surface area contributed by atoms with Crippen LogP contribution >= 0.6 is 11.8 Å². The normalized spacial score (nSPS) is 10.2. The van der Waals surface area contributed by atoms with Crippen molar-refractivity contribution in [2.75, 3.05) is 19.1 Å². The molecular formula is C5H11NOS. The van der Waals surface area contributed by atoms with Crippen molar-refractivity contribution in [1.82, 2.24) is 0 Å². The molecule has 0 rings (SSSR count). The maximum absolute atomic E-state index is 4.45. The third kappa shape index (κ3) is 5.82. The zero-order valence-electron chi connectivity index (χ0n) is 5.26. The lowest BCUT2D eigenvalue weighted by Gasteiger charge is -1.86. The highest BCUT2D eigenvalue weighted by Crippen LogP contribution is 1.91. The number of oxime groups is 1. The van der Waals surface area contributed by atoms with E-state index in [-0.39, 0.29) is 0 Å². The Morgan fingerprint density at radius 2 is 2.50 bits per heavy atom. The van der Waals surface area contributed by atoms with Gasteiger partial charge in [-0.15, -0.1) is 0 Å². The summed E-state index contributed by atoms with van der Waals surface area (Å²) in [7, 11) is 1.55. The predicted molar refractivity (Wildman–Crippen MR) is 38.5 cm³/mol. The minimum absolute atomic E-state index is 0.995. The lowest BCUT2D eigenvalue weighted by molar-refractivity contribution is 0.214. The first-order chi connectivity index (χ1) is 3.91. The highest BCUT2D eigenvalue weighted by molar-refractivity contribution is 7.98. The van der Waals surface area contributed by atoms with Gasteiger partial charge in [0.05, 0.1) is 0 Å². The van der Waals surface area contributed by atoms with Gasteiger partial charge in [-0.3, -0.25) is 0 Å². The molecule has 0 unspecified atom stereocenters. The van der Waals surface area contributed by atoms with E-state index in [2.05, 4.69) is 16.2 Å². The number of hydrogen-bond acceptors (Lipinski definition) is 3. The van der Waals surface area contributed by atoms with E-state index in [4.69, 9.17) is 0 Å². The van der Waals surface area contributed by atoms with Crippen molar-refractivity contribution in [3.8, 4) is 0 Å². The first kappa shape index (κ1) is 7.82. The van der Waals surface area contributed by atoms with Gasteiger partial charge in [-0.05, 0) is 18.4 Å². The second-order valence-corrected chi connectivity index (χ2v) is 2.24. The van der Waals surface area contributed by atoms with Crippen LogP contribution in [0.15, 0.2) is 5.16 Å². The Kier molecular flexibility index (Phi) is 6.67. The standard InChI is InChI=1S/C5H11NOS/c1-7-6-4-3-5-8-2/h4H,3,5H2,1-2H3/b6-4+. The van der Waals surface area contributed by atoms with Crippen LogP contribution in [0.1, 0.15) is 6.42 Å². The van der Waals surface area contributed by atoms with Crippen molar-refractivity contribution in [1.29, 1.82) is 0 Å². The number of rotatable bonds is 4. The molecule has 0 aromatic heterocycles. The smallest absolute Gasteiger partial charge is 0.106 e. The first-order valence-electron chi connectivity index (χ1n) is 2.45. The van der Waals surface area contributed by atoms with Crippen LogP contribution in [0.25, 0.3) is 0 Å². The average Bonchev–Trinajstić information content (AvgIpc) is 1.81. The fourth-order valence-corrected chi connectivity index (χ4v) is 0.639. The minimum Gasteiger partial charge on any atom is -0.399 e. The molecule has 3 heteroatoms. The molecule has 2 nitrogen and oxygen atoms in total. The molecule has 0 aliphatic carbocycles. The second kappa shape index (κ2) is 6.82. The number of nitrogens with zero attached hydrogens (tertiary/aromatic N) is 1. The van der Waals surface area contributed by atoms with E-state index in [0.717, 1.165) is 12.2 Å². The predicted octanol–water partition coefficient (Wildman–Crippen LogP) is 1.37. The summed E-state index contributed by atoms with van der Waals surface area (Å²) in [4.78, 5) is 4.45. The number of thioether (sulfide) groups is 1. The molecule has 8 heavy (non-hydrogen) atoms. The van der Waals surface area contributed by atoms with E-state index in [0.29, 0.717) is 0 Å². The van der Waals surface area contributed by atoms with E-state index in [1.807, 2.05) is 0 Å². The third-order valence-electron chi connectivity index (χ3n) is 0.631. The highest BCUT2D eigenvalue weighted by atomic mass is 32.2. The average molecular weight is 133 g/mol. The van der Waals surface area contributed by atoms with Crippen LogP contribution in [-0.2, 0) is 4.84 Å². The fourth-order valence-electron chi connectivity index (χ4n) is 0.298. The van der Waals surface area contributed by atoms with Crippen LogP contribution in [0.4, 0.5) is 0 Å². The Balaban J connectivity index is 2.80. The minimum atomic E-state index is 0.995. The molecule has 0 saturated carbocycles. The quantitative estimate of drug-likeness (QED) is 0.328. The molecule has 0 fully saturated rings. The van der Waals surface area contributed by atoms with E-state index in [1.54, 1.807) is 25.1 Å². The largest absolute Gasteiger partial charge is 0.399 e. The molecule has 0 spiro atoms. The van der Waals surface area contributed by atoms with Crippen LogP contribution < -0.4 is 0 Å². The van der Waals surface area contributed by atoms with Crippen LogP contribution in [0.5, 0.6) is 0 Å². The van der Waals surface area contributed by atoms with Gasteiger partial charge >= 0.3 is 0 Å². The molecule has 0 saturated heterocycles. The van der Waals surface area contributed by atoms with Crippen molar-refractivity contribution in [3.05, 3.63) is 0 Å². The monoisotopic (exact) mass is 133 g/mol. The summed E-state index contributed by atoms with van der Waals surface area (Å²) in [6.45, 7) is 0. The first-order valence-corrected chi connectivity index (χ1v) is 3.85. The van der Waals surface area contributed by atoms with E-state index >= 15 is 0 Å². The molecule has 0 amide bonds. The molecule has 0 heterocycles. The van der Waals surface area contributed by atoms with E-state index < -0.39 is 0 Å². The summed E-state index contributed by atoms with van der Waals surface area (Å²) in [5.41, 5.74) is 0. The molecule has 0 aromatic carbocycles. The van der Waals surface area contributed by atoms with Crippen molar-refractivity contribution < 1.29 is 4.84 Å². The Hall–Kier alpha value is -0.180. The maximum atomic E-state index is 4.45. The van der Waals surface area contributed by atoms with Gasteiger partial charge in [0.25, 0.3) is 0 Å². The lowest BCUT2D eigenvalue weighted by Crippen LogP contribution is -1.79. The fraction of sp³-hybridized carbons (Fsp3) is 0.800. The van der Waals surface area contributed by atoms with Crippen LogP contribution in [-0.4, -0.2) is 25.3 Å². The van der Waals surface area contributed by atoms with Crippen LogP contribution in [0.2, 0.25) is 0 Å². The third-order valence-corrected chi connectivity index (χ3v) is 1.27. The Morgan fingerprint density at radius 1 is 1.75 bits per heavy atom. The maximum Gasteiger partial charge on any atom is 0.106 e. The van der Waals surface area contributed by atoms with Gasteiger partial charge in [-0.25, -0.2) is 0 Å². The van der Waals surface area contributed by atoms with E-state index in [1.165, 1.54) is 0 Å². The molecular weight excluding hydrogens is 122 g/mol. The molecule has 0 atom stereocenters. The Morgan fingerprint density at radius 3 is 3.00 bits per heavy atom. The van der Waals surface area contributed by atoms with Crippen LogP contribution in [0.3, 0.4) is 0 Å². The van der Waals surface area contributed by atoms with Gasteiger partial charge in [0.2, 0.25) is 0 Å². The van der Waals surface area contributed by atoms with Crippen molar-refractivity contribution in [2.24, 2.45) is 5.16 Å². The summed E-state index contributed by atoms with van der Waals surface area (Å²) >= 11 is 1.81. The lowest BCUT2D eigenvalue weighted by atomic mass is 10.5. The van der Waals surface area contributed by atoms with Crippen molar-refractivity contribution in [3.63, 3.8) is 0 Å². The topological polar surface area (TPSA) is 21.6 Å². The van der Waals surface area contributed by atoms with Crippen molar-refractivity contribution in [2.45, 2.75) is 6.42 Å². The molecule has 0 bridgehead atoms. The van der Waals surface area contributed by atoms with Gasteiger partial charge in [0.1, 0.15) is 7.11 Å². The van der Waals surface area contributed by atoms with Gasteiger partial charge in [-0.1, -0.05) is 5.16 Å². The van der Waals surface area contributed by atoms with Gasteiger partial charge in [0.15, 0.2) is 0 Å². The number of hydrogen-bond donors (Lipinski definition) is 0. The molecule has 0 radical (unpaired) electrons. The van der Waals surface area contributed by atoms with Crippen LogP contribution in [0, 0.1) is 0 Å². The summed E-state index contributed by atoms with van der Waals surface area (Å²) in [6, 6.07) is 0. The zero-order valence-corrected chi connectivity index (χ0v) is 6.07. The molecule has 48 valence electrons. The molecule has 0 N–H and O–H groups in total. The summed E-state index contributed by atoms with van der Waals surface area (Å²) in [6.07, 6.45) is 4.84. The van der Waals surface area contributed by atoms with Gasteiger partial charge in [0, 0.05) is 6.21 Å². The summed E-state index contributed by atoms with van der Waals surface area (Å²) < 4.78 is 0. The van der Waals surface area contributed by atoms with E-state index in [9.17, 15) is 0 Å². The molecule has 0 aromatic rings. The van der Waals surface area contributed by atoms with Gasteiger partial charge < -0.3 is 4.84 Å². The summed E-state index contributed by atoms with van der Waals surface area (Å²) in [5, 5.41) is 3.57. The zero-order chi connectivity index (χ0) is 6.24. The molecule has 0 aliphatic rings. The summed E-state index contributed by atoms with van der Waals surface area (Å²) in [5.74, 6) is 1.12. The Labute approximate surface area is 54.3 Å². The van der Waals surface area contributed by atoms with Crippen molar-refractivity contribution >= 4 is 18.0 Å². The Bertz CT molecular complexity index is 65.4. The van der Waals surface area contributed by atoms with Gasteiger partial charge in [-0.2, -0.15) is 11.8 Å². The second-order valence-electron chi connectivity index (χ2n) is 1.25. The molecule has 0 aliphatic heterocycles. The highest BCUT2D eigenvalue weighted by Gasteiger charge is 1.76. The SMILES string of the molecule is CO/N=C/CCSC.